The molecule has 0 atom stereocenters. The lowest BCUT2D eigenvalue weighted by atomic mass is 10.2. The molecule has 0 radical (unpaired) electrons. The number of carbonyl (C=O) groups excluding carboxylic acids is 1. The van der Waals surface area contributed by atoms with E-state index in [2.05, 4.69) is 9.88 Å². The maximum absolute atomic E-state index is 12.2. The van der Waals surface area contributed by atoms with Crippen LogP contribution in [-0.2, 0) is 11.3 Å². The summed E-state index contributed by atoms with van der Waals surface area (Å²) in [7, 11) is 1.69. The number of carbonyl (C=O) groups is 1. The molecule has 1 N–H and O–H groups in total. The summed E-state index contributed by atoms with van der Waals surface area (Å²) in [6, 6.07) is 9.57. The Morgan fingerprint density at radius 1 is 1.32 bits per heavy atom. The van der Waals surface area contributed by atoms with Crippen LogP contribution in [0.25, 0.3) is 10.9 Å². The summed E-state index contributed by atoms with van der Waals surface area (Å²) in [5, 5.41) is 3.98. The van der Waals surface area contributed by atoms with E-state index in [-0.39, 0.29) is 5.91 Å². The highest BCUT2D eigenvalue weighted by Gasteiger charge is 2.12. The average Bonchev–Trinajstić information content (AvgIpc) is 3.11. The van der Waals surface area contributed by atoms with Crippen molar-refractivity contribution in [1.29, 1.82) is 0 Å². The van der Waals surface area contributed by atoms with Gasteiger partial charge in [-0.3, -0.25) is 4.79 Å². The summed E-state index contributed by atoms with van der Waals surface area (Å²) in [6.45, 7) is 3.25. The molecule has 5 nitrogen and oxygen atoms in total. The molecular formula is C17H18N2O3. The predicted molar refractivity (Wildman–Crippen MR) is 85.2 cm³/mol. The second kappa shape index (κ2) is 6.07. The zero-order valence-electron chi connectivity index (χ0n) is 12.6. The fraction of sp³-hybridized carbons (Fsp3) is 0.235. The van der Waals surface area contributed by atoms with Crippen LogP contribution in [0.5, 0.6) is 0 Å². The van der Waals surface area contributed by atoms with Gasteiger partial charge in [-0.25, -0.2) is 0 Å². The Bertz CT molecular complexity index is 801. The fourth-order valence-corrected chi connectivity index (χ4v) is 2.48. The number of hydrogen-bond acceptors (Lipinski definition) is 3. The van der Waals surface area contributed by atoms with E-state index in [0.717, 1.165) is 23.1 Å². The standard InChI is InChI=1S/C17H18N2O3/c1-12-15(6-9-22-12)17(20)18-14-3-4-16-13(11-14)5-7-19(16)8-10-21-2/h3-7,9,11H,8,10H2,1-2H3,(H,18,20). The number of furan rings is 1. The molecule has 3 aromatic rings. The number of nitrogens with zero attached hydrogens (tertiary/aromatic N) is 1. The number of ether oxygens (including phenoxy) is 1. The van der Waals surface area contributed by atoms with Crippen molar-refractivity contribution in [2.24, 2.45) is 0 Å². The van der Waals surface area contributed by atoms with Crippen LogP contribution in [0.15, 0.2) is 47.2 Å². The molecule has 0 aliphatic carbocycles. The monoisotopic (exact) mass is 298 g/mol. The van der Waals surface area contributed by atoms with Gasteiger partial charge >= 0.3 is 0 Å². The Morgan fingerprint density at radius 3 is 2.91 bits per heavy atom. The van der Waals surface area contributed by atoms with Crippen molar-refractivity contribution < 1.29 is 13.9 Å². The number of rotatable bonds is 5. The van der Waals surface area contributed by atoms with Crippen molar-refractivity contribution >= 4 is 22.5 Å². The van der Waals surface area contributed by atoms with Gasteiger partial charge in [0, 0.05) is 36.4 Å². The van der Waals surface area contributed by atoms with Crippen molar-refractivity contribution in [3.05, 3.63) is 54.1 Å². The number of nitrogens with one attached hydrogen (secondary N) is 1. The van der Waals surface area contributed by atoms with Crippen molar-refractivity contribution in [2.45, 2.75) is 13.5 Å². The Hall–Kier alpha value is -2.53. The van der Waals surface area contributed by atoms with Gasteiger partial charge in [-0.05, 0) is 37.3 Å². The Balaban J connectivity index is 1.81. The van der Waals surface area contributed by atoms with Crippen LogP contribution in [0.4, 0.5) is 5.69 Å². The molecule has 0 fully saturated rings. The Morgan fingerprint density at radius 2 is 2.18 bits per heavy atom. The highest BCUT2D eigenvalue weighted by molar-refractivity contribution is 6.05. The number of methoxy groups -OCH3 is 1. The first-order chi connectivity index (χ1) is 10.7. The maximum atomic E-state index is 12.2. The molecule has 2 heterocycles. The number of benzene rings is 1. The third kappa shape index (κ3) is 2.76. The molecule has 0 saturated heterocycles. The number of aromatic nitrogens is 1. The largest absolute Gasteiger partial charge is 0.469 e. The van der Waals surface area contributed by atoms with E-state index in [1.54, 1.807) is 20.1 Å². The predicted octanol–water partition coefficient (Wildman–Crippen LogP) is 3.44. The summed E-state index contributed by atoms with van der Waals surface area (Å²) in [4.78, 5) is 12.2. The van der Waals surface area contributed by atoms with Crippen molar-refractivity contribution in [2.75, 3.05) is 19.0 Å². The molecule has 114 valence electrons. The van der Waals surface area contributed by atoms with Crippen molar-refractivity contribution in [3.8, 4) is 0 Å². The van der Waals surface area contributed by atoms with Gasteiger partial charge in [0.05, 0.1) is 18.4 Å². The summed E-state index contributed by atoms with van der Waals surface area (Å²) in [5.41, 5.74) is 2.44. The van der Waals surface area contributed by atoms with E-state index >= 15 is 0 Å². The van der Waals surface area contributed by atoms with Crippen LogP contribution in [0, 0.1) is 6.92 Å². The first kappa shape index (κ1) is 14.4. The van der Waals surface area contributed by atoms with Gasteiger partial charge in [-0.2, -0.15) is 0 Å². The molecular weight excluding hydrogens is 280 g/mol. The minimum atomic E-state index is -0.163. The van der Waals surface area contributed by atoms with Crippen LogP contribution >= 0.6 is 0 Å². The molecule has 0 spiro atoms. The lowest BCUT2D eigenvalue weighted by Gasteiger charge is -2.07. The maximum Gasteiger partial charge on any atom is 0.259 e. The van der Waals surface area contributed by atoms with Crippen LogP contribution in [0.1, 0.15) is 16.1 Å². The van der Waals surface area contributed by atoms with Gasteiger partial charge < -0.3 is 19.0 Å². The topological polar surface area (TPSA) is 56.4 Å². The molecule has 0 unspecified atom stereocenters. The molecule has 5 heteroatoms. The fourth-order valence-electron chi connectivity index (χ4n) is 2.48. The molecule has 1 aromatic carbocycles. The number of aryl methyl sites for hydroxylation is 1. The van der Waals surface area contributed by atoms with Crippen LogP contribution < -0.4 is 5.32 Å². The number of amides is 1. The van der Waals surface area contributed by atoms with Gasteiger partial charge in [-0.1, -0.05) is 0 Å². The highest BCUT2D eigenvalue weighted by Crippen LogP contribution is 2.21. The van der Waals surface area contributed by atoms with E-state index < -0.39 is 0 Å². The third-order valence-corrected chi connectivity index (χ3v) is 3.67. The summed E-state index contributed by atoms with van der Waals surface area (Å²) >= 11 is 0. The van der Waals surface area contributed by atoms with Crippen LogP contribution in [0.3, 0.4) is 0 Å². The summed E-state index contributed by atoms with van der Waals surface area (Å²) in [6.07, 6.45) is 3.54. The Labute approximate surface area is 128 Å². The van der Waals surface area contributed by atoms with E-state index in [4.69, 9.17) is 9.15 Å². The minimum absolute atomic E-state index is 0.163. The van der Waals surface area contributed by atoms with Gasteiger partial charge in [-0.15, -0.1) is 0 Å². The van der Waals surface area contributed by atoms with Gasteiger partial charge in [0.1, 0.15) is 5.76 Å². The zero-order chi connectivity index (χ0) is 15.5. The van der Waals surface area contributed by atoms with Gasteiger partial charge in [0.15, 0.2) is 0 Å². The van der Waals surface area contributed by atoms with Gasteiger partial charge in [0.25, 0.3) is 5.91 Å². The molecule has 0 bridgehead atoms. The molecule has 3 rings (SSSR count). The normalized spacial score (nSPS) is 11.0. The summed E-state index contributed by atoms with van der Waals surface area (Å²) < 4.78 is 12.4. The number of fused-ring (bicyclic) bond motifs is 1. The lowest BCUT2D eigenvalue weighted by molar-refractivity contribution is 0.102. The molecule has 1 amide bonds. The highest BCUT2D eigenvalue weighted by atomic mass is 16.5. The van der Waals surface area contributed by atoms with Crippen LogP contribution in [0.2, 0.25) is 0 Å². The third-order valence-electron chi connectivity index (χ3n) is 3.67. The van der Waals surface area contributed by atoms with E-state index in [9.17, 15) is 4.79 Å². The molecule has 0 aliphatic rings. The first-order valence-electron chi connectivity index (χ1n) is 7.12. The Kier molecular flexibility index (Phi) is 3.98. The number of hydrogen-bond donors (Lipinski definition) is 1. The quantitative estimate of drug-likeness (QED) is 0.785. The SMILES string of the molecule is COCCn1ccc2cc(NC(=O)c3ccoc3C)ccc21. The summed E-state index contributed by atoms with van der Waals surface area (Å²) in [5.74, 6) is 0.453. The molecule has 0 saturated carbocycles. The molecule has 22 heavy (non-hydrogen) atoms. The lowest BCUT2D eigenvalue weighted by Crippen LogP contribution is -2.12. The second-order valence-electron chi connectivity index (χ2n) is 5.12. The number of anilines is 1. The van der Waals surface area contributed by atoms with E-state index in [1.165, 1.54) is 6.26 Å². The molecule has 2 aromatic heterocycles. The minimum Gasteiger partial charge on any atom is -0.469 e. The second-order valence-corrected chi connectivity index (χ2v) is 5.12. The van der Waals surface area contributed by atoms with E-state index in [0.29, 0.717) is 17.9 Å². The van der Waals surface area contributed by atoms with Crippen molar-refractivity contribution in [1.82, 2.24) is 4.57 Å². The first-order valence-corrected chi connectivity index (χ1v) is 7.12. The van der Waals surface area contributed by atoms with Crippen molar-refractivity contribution in [3.63, 3.8) is 0 Å². The van der Waals surface area contributed by atoms with Crippen LogP contribution in [-0.4, -0.2) is 24.2 Å². The average molecular weight is 298 g/mol. The molecule has 0 aliphatic heterocycles. The van der Waals surface area contributed by atoms with E-state index in [1.807, 2.05) is 30.5 Å². The smallest absolute Gasteiger partial charge is 0.259 e. The zero-order valence-corrected chi connectivity index (χ0v) is 12.6. The van der Waals surface area contributed by atoms with Gasteiger partial charge in [0.2, 0.25) is 0 Å².